The average molecular weight is 260 g/mol. The molecule has 0 bridgehead atoms. The van der Waals surface area contributed by atoms with Gasteiger partial charge in [-0.15, -0.1) is 0 Å². The maximum absolute atomic E-state index is 11.8. The second-order valence-corrected chi connectivity index (χ2v) is 4.13. The van der Waals surface area contributed by atoms with E-state index in [4.69, 9.17) is 10.8 Å². The second kappa shape index (κ2) is 6.01. The molecular formula is C13H16N4O2. The van der Waals surface area contributed by atoms with Gasteiger partial charge >= 0.3 is 0 Å². The second-order valence-electron chi connectivity index (χ2n) is 4.13. The highest BCUT2D eigenvalue weighted by molar-refractivity contribution is 5.91. The van der Waals surface area contributed by atoms with E-state index in [2.05, 4.69) is 10.3 Å². The molecule has 0 radical (unpaired) electrons. The van der Waals surface area contributed by atoms with Crippen molar-refractivity contribution in [2.75, 3.05) is 6.54 Å². The fourth-order valence-corrected chi connectivity index (χ4v) is 1.64. The summed E-state index contributed by atoms with van der Waals surface area (Å²) in [6.45, 7) is 1.53. The molecule has 100 valence electrons. The van der Waals surface area contributed by atoms with Gasteiger partial charge in [0, 0.05) is 25.8 Å². The lowest BCUT2D eigenvalue weighted by Crippen LogP contribution is -2.23. The highest BCUT2D eigenvalue weighted by atomic mass is 16.3. The Morgan fingerprint density at radius 3 is 2.79 bits per heavy atom. The third-order valence-corrected chi connectivity index (χ3v) is 2.64. The average Bonchev–Trinajstić information content (AvgIpc) is 2.87. The minimum Gasteiger partial charge on any atom is -0.508 e. The molecule has 0 saturated carbocycles. The van der Waals surface area contributed by atoms with Crippen molar-refractivity contribution in [3.63, 3.8) is 0 Å². The van der Waals surface area contributed by atoms with E-state index in [0.29, 0.717) is 25.3 Å². The van der Waals surface area contributed by atoms with Crippen LogP contribution in [0.25, 0.3) is 0 Å². The monoisotopic (exact) mass is 260 g/mol. The molecule has 0 fully saturated rings. The Morgan fingerprint density at radius 1 is 1.37 bits per heavy atom. The van der Waals surface area contributed by atoms with Crippen molar-refractivity contribution in [3.05, 3.63) is 48.0 Å². The van der Waals surface area contributed by atoms with E-state index in [9.17, 15) is 4.79 Å². The standard InChI is InChI=1S/C13H16N4O2/c14-5-6-17-8-12(16-9-17)13(19)15-7-10-1-3-11(18)4-2-10/h1-4,8-9,18H,5-7,14H2,(H,15,19). The van der Waals surface area contributed by atoms with E-state index in [1.54, 1.807) is 41.4 Å². The molecule has 0 aliphatic carbocycles. The van der Waals surface area contributed by atoms with Gasteiger partial charge in [0.05, 0.1) is 6.33 Å². The number of phenolic OH excluding ortho intramolecular Hbond substituents is 1. The Morgan fingerprint density at radius 2 is 2.11 bits per heavy atom. The molecule has 6 heteroatoms. The Balaban J connectivity index is 1.91. The first-order valence-corrected chi connectivity index (χ1v) is 5.97. The van der Waals surface area contributed by atoms with Gasteiger partial charge in [0.1, 0.15) is 11.4 Å². The highest BCUT2D eigenvalue weighted by Crippen LogP contribution is 2.09. The molecule has 1 amide bonds. The van der Waals surface area contributed by atoms with Crippen LogP contribution in [0, 0.1) is 0 Å². The number of nitrogens with two attached hydrogens (primary N) is 1. The van der Waals surface area contributed by atoms with Crippen LogP contribution >= 0.6 is 0 Å². The Hall–Kier alpha value is -2.34. The van der Waals surface area contributed by atoms with E-state index in [-0.39, 0.29) is 11.7 Å². The van der Waals surface area contributed by atoms with Gasteiger partial charge in [-0.25, -0.2) is 4.98 Å². The van der Waals surface area contributed by atoms with Crippen LogP contribution in [0.15, 0.2) is 36.8 Å². The van der Waals surface area contributed by atoms with Crippen LogP contribution in [0.3, 0.4) is 0 Å². The number of rotatable bonds is 5. The maximum Gasteiger partial charge on any atom is 0.271 e. The highest BCUT2D eigenvalue weighted by Gasteiger charge is 2.08. The number of aromatic nitrogens is 2. The van der Waals surface area contributed by atoms with E-state index < -0.39 is 0 Å². The summed E-state index contributed by atoms with van der Waals surface area (Å²) in [7, 11) is 0. The van der Waals surface area contributed by atoms with E-state index in [1.807, 2.05) is 0 Å². The molecule has 0 aliphatic rings. The molecule has 6 nitrogen and oxygen atoms in total. The lowest BCUT2D eigenvalue weighted by atomic mass is 10.2. The van der Waals surface area contributed by atoms with Gasteiger partial charge in [0.25, 0.3) is 5.91 Å². The predicted octanol–water partition coefficient (Wildman–Crippen LogP) is 0.477. The molecule has 0 atom stereocenters. The van der Waals surface area contributed by atoms with Gasteiger partial charge in [0.15, 0.2) is 0 Å². The zero-order valence-corrected chi connectivity index (χ0v) is 10.4. The van der Waals surface area contributed by atoms with Crippen LogP contribution in [-0.4, -0.2) is 27.1 Å². The zero-order chi connectivity index (χ0) is 13.7. The predicted molar refractivity (Wildman–Crippen MR) is 70.6 cm³/mol. The minimum absolute atomic E-state index is 0.204. The number of nitrogens with one attached hydrogen (secondary N) is 1. The number of carbonyl (C=O) groups excluding carboxylic acids is 1. The normalized spacial score (nSPS) is 10.4. The molecule has 2 rings (SSSR count). The third-order valence-electron chi connectivity index (χ3n) is 2.64. The van der Waals surface area contributed by atoms with E-state index in [0.717, 1.165) is 5.56 Å². The van der Waals surface area contributed by atoms with Gasteiger partial charge in [-0.05, 0) is 17.7 Å². The summed E-state index contributed by atoms with van der Waals surface area (Å²) in [5.41, 5.74) is 6.70. The van der Waals surface area contributed by atoms with Crippen LogP contribution in [0.5, 0.6) is 5.75 Å². The fraction of sp³-hybridized carbons (Fsp3) is 0.231. The van der Waals surface area contributed by atoms with Crippen molar-refractivity contribution < 1.29 is 9.90 Å². The van der Waals surface area contributed by atoms with Gasteiger partial charge in [-0.1, -0.05) is 12.1 Å². The Labute approximate surface area is 110 Å². The van der Waals surface area contributed by atoms with E-state index in [1.165, 1.54) is 0 Å². The number of carbonyl (C=O) groups is 1. The SMILES string of the molecule is NCCn1cnc(C(=O)NCc2ccc(O)cc2)c1. The molecule has 19 heavy (non-hydrogen) atoms. The number of aromatic hydroxyl groups is 1. The number of nitrogens with zero attached hydrogens (tertiary/aromatic N) is 2. The first-order valence-electron chi connectivity index (χ1n) is 5.97. The molecule has 1 aromatic carbocycles. The molecular weight excluding hydrogens is 244 g/mol. The summed E-state index contributed by atoms with van der Waals surface area (Å²) in [6.07, 6.45) is 3.25. The molecule has 0 spiro atoms. The minimum atomic E-state index is -0.233. The van der Waals surface area contributed by atoms with Gasteiger partial charge in [-0.2, -0.15) is 0 Å². The van der Waals surface area contributed by atoms with Crippen molar-refractivity contribution in [3.8, 4) is 5.75 Å². The smallest absolute Gasteiger partial charge is 0.271 e. The summed E-state index contributed by atoms with van der Waals surface area (Å²) in [5.74, 6) is -0.0283. The lowest BCUT2D eigenvalue weighted by molar-refractivity contribution is 0.0946. The molecule has 1 heterocycles. The van der Waals surface area contributed by atoms with Crippen LogP contribution in [-0.2, 0) is 13.1 Å². The van der Waals surface area contributed by atoms with Crippen LogP contribution in [0.4, 0.5) is 0 Å². The van der Waals surface area contributed by atoms with Crippen molar-refractivity contribution in [1.82, 2.24) is 14.9 Å². The molecule has 0 saturated heterocycles. The Kier molecular flexibility index (Phi) is 4.15. The number of benzene rings is 1. The van der Waals surface area contributed by atoms with Gasteiger partial charge in [0.2, 0.25) is 0 Å². The fourth-order valence-electron chi connectivity index (χ4n) is 1.64. The topological polar surface area (TPSA) is 93.2 Å². The molecule has 2 aromatic rings. The maximum atomic E-state index is 11.8. The van der Waals surface area contributed by atoms with Crippen molar-refractivity contribution in [1.29, 1.82) is 0 Å². The first-order chi connectivity index (χ1) is 9.19. The number of amides is 1. The summed E-state index contributed by atoms with van der Waals surface area (Å²) in [4.78, 5) is 15.9. The van der Waals surface area contributed by atoms with Crippen molar-refractivity contribution in [2.45, 2.75) is 13.1 Å². The van der Waals surface area contributed by atoms with Crippen LogP contribution in [0.1, 0.15) is 16.1 Å². The third kappa shape index (κ3) is 3.56. The number of phenols is 1. The summed E-state index contributed by atoms with van der Waals surface area (Å²) in [6, 6.07) is 6.67. The van der Waals surface area contributed by atoms with Gasteiger partial charge < -0.3 is 20.7 Å². The van der Waals surface area contributed by atoms with Crippen molar-refractivity contribution in [2.24, 2.45) is 5.73 Å². The Bertz CT molecular complexity index is 548. The van der Waals surface area contributed by atoms with Crippen LogP contribution in [0.2, 0.25) is 0 Å². The number of hydrogen-bond donors (Lipinski definition) is 3. The molecule has 4 N–H and O–H groups in total. The molecule has 1 aromatic heterocycles. The molecule has 0 unspecified atom stereocenters. The zero-order valence-electron chi connectivity index (χ0n) is 10.4. The van der Waals surface area contributed by atoms with E-state index >= 15 is 0 Å². The quantitative estimate of drug-likeness (QED) is 0.729. The van der Waals surface area contributed by atoms with Gasteiger partial charge in [-0.3, -0.25) is 4.79 Å². The summed E-state index contributed by atoms with van der Waals surface area (Å²) in [5, 5.41) is 11.9. The number of imidazole rings is 1. The number of hydrogen-bond acceptors (Lipinski definition) is 4. The summed E-state index contributed by atoms with van der Waals surface area (Å²) < 4.78 is 1.77. The summed E-state index contributed by atoms with van der Waals surface area (Å²) >= 11 is 0. The van der Waals surface area contributed by atoms with Crippen molar-refractivity contribution >= 4 is 5.91 Å². The molecule has 0 aliphatic heterocycles. The lowest BCUT2D eigenvalue weighted by Gasteiger charge is -2.03. The first kappa shape index (κ1) is 13.1. The van der Waals surface area contributed by atoms with Crippen LogP contribution < -0.4 is 11.1 Å². The largest absolute Gasteiger partial charge is 0.508 e.